The molecular formula is C25H21N3O5S. The van der Waals surface area contributed by atoms with Crippen LogP contribution >= 0.6 is 11.3 Å². The van der Waals surface area contributed by atoms with Gasteiger partial charge in [0.05, 0.1) is 35.6 Å². The Bertz CT molecular complexity index is 1440. The molecule has 0 bridgehead atoms. The van der Waals surface area contributed by atoms with Crippen molar-refractivity contribution in [2.24, 2.45) is 0 Å². The number of thiophene rings is 1. The van der Waals surface area contributed by atoms with Crippen LogP contribution in [0.2, 0.25) is 0 Å². The molecule has 2 aromatic heterocycles. The van der Waals surface area contributed by atoms with Crippen LogP contribution in [-0.4, -0.2) is 41.0 Å². The molecule has 2 N–H and O–H groups in total. The summed E-state index contributed by atoms with van der Waals surface area (Å²) in [6, 6.07) is 12.9. The third-order valence-corrected chi connectivity index (χ3v) is 7.03. The lowest BCUT2D eigenvalue weighted by molar-refractivity contribution is -0.123. The fraction of sp³-hybridized carbons (Fsp3) is 0.200. The molecule has 0 fully saturated rings. The number of benzene rings is 2. The number of fused-ring (bicyclic) bond motifs is 4. The molecule has 1 atom stereocenters. The molecule has 0 aliphatic heterocycles. The Morgan fingerprint density at radius 3 is 2.76 bits per heavy atom. The highest BCUT2D eigenvalue weighted by atomic mass is 32.1. The third kappa shape index (κ3) is 3.84. The van der Waals surface area contributed by atoms with Crippen LogP contribution in [0.5, 0.6) is 0 Å². The Hall–Kier alpha value is -3.98. The van der Waals surface area contributed by atoms with Crippen molar-refractivity contribution in [3.05, 3.63) is 71.0 Å². The monoisotopic (exact) mass is 475 g/mol. The number of nitrogens with one attached hydrogen (secondary N) is 2. The summed E-state index contributed by atoms with van der Waals surface area (Å²) in [4.78, 5) is 46.1. The minimum Gasteiger partial charge on any atom is -0.465 e. The van der Waals surface area contributed by atoms with E-state index in [4.69, 9.17) is 9.47 Å². The summed E-state index contributed by atoms with van der Waals surface area (Å²) in [6.07, 6.45) is 1.92. The molecule has 0 saturated heterocycles. The zero-order chi connectivity index (χ0) is 23.8. The molecule has 0 spiro atoms. The largest absolute Gasteiger partial charge is 0.465 e. The van der Waals surface area contributed by atoms with E-state index in [9.17, 15) is 14.4 Å². The summed E-state index contributed by atoms with van der Waals surface area (Å²) in [5.74, 6) is -1.68. The van der Waals surface area contributed by atoms with Gasteiger partial charge in [-0.3, -0.25) is 4.79 Å². The smallest absolute Gasteiger partial charge is 0.341 e. The lowest BCUT2D eigenvalue weighted by Gasteiger charge is -2.16. The number of hydrogen-bond acceptors (Lipinski definition) is 7. The van der Waals surface area contributed by atoms with Crippen LogP contribution in [0.1, 0.15) is 38.8 Å². The van der Waals surface area contributed by atoms with Gasteiger partial charge in [0.2, 0.25) is 0 Å². The van der Waals surface area contributed by atoms with Gasteiger partial charge in [0.1, 0.15) is 5.00 Å². The Kier molecular flexibility index (Phi) is 5.62. The number of amides is 1. The number of H-pyrrole nitrogens is 1. The van der Waals surface area contributed by atoms with Crippen molar-refractivity contribution in [2.75, 3.05) is 12.4 Å². The molecule has 1 unspecified atom stereocenters. The SMILES string of the molecule is COC(=O)c1c(NC(=O)C(C)OC(=O)c2ccc3nc[nH]c3c2)sc2c1CCc1ccccc1-2. The quantitative estimate of drug-likeness (QED) is 0.415. The molecule has 0 saturated carbocycles. The molecule has 4 aromatic rings. The average Bonchev–Trinajstić information content (AvgIpc) is 3.47. The number of methoxy groups -OCH3 is 1. The van der Waals surface area contributed by atoms with Crippen LogP contribution in [0.4, 0.5) is 5.00 Å². The van der Waals surface area contributed by atoms with E-state index in [1.807, 2.05) is 18.2 Å². The van der Waals surface area contributed by atoms with Crippen molar-refractivity contribution in [3.8, 4) is 10.4 Å². The lowest BCUT2D eigenvalue weighted by Crippen LogP contribution is -2.30. The third-order valence-electron chi connectivity index (χ3n) is 5.85. The second kappa shape index (κ2) is 8.75. The van der Waals surface area contributed by atoms with Gasteiger partial charge < -0.3 is 19.8 Å². The Balaban J connectivity index is 1.38. The predicted molar refractivity (Wildman–Crippen MR) is 128 cm³/mol. The molecule has 5 rings (SSSR count). The average molecular weight is 476 g/mol. The van der Waals surface area contributed by atoms with Crippen molar-refractivity contribution >= 4 is 45.2 Å². The van der Waals surface area contributed by atoms with Gasteiger partial charge in [0.15, 0.2) is 6.10 Å². The number of carbonyl (C=O) groups excluding carboxylic acids is 3. The van der Waals surface area contributed by atoms with Gasteiger partial charge in [0, 0.05) is 4.88 Å². The maximum Gasteiger partial charge on any atom is 0.341 e. The van der Waals surface area contributed by atoms with E-state index >= 15 is 0 Å². The predicted octanol–water partition coefficient (Wildman–Crippen LogP) is 4.36. The fourth-order valence-corrected chi connectivity index (χ4v) is 5.41. The first-order chi connectivity index (χ1) is 16.5. The van der Waals surface area contributed by atoms with Gasteiger partial charge in [-0.15, -0.1) is 11.3 Å². The molecular weight excluding hydrogens is 454 g/mol. The number of aromatic amines is 1. The van der Waals surface area contributed by atoms with Crippen LogP contribution in [0.25, 0.3) is 21.5 Å². The Morgan fingerprint density at radius 1 is 1.12 bits per heavy atom. The number of rotatable bonds is 5. The topological polar surface area (TPSA) is 110 Å². The van der Waals surface area contributed by atoms with Crippen LogP contribution in [0.3, 0.4) is 0 Å². The zero-order valence-corrected chi connectivity index (χ0v) is 19.3. The fourth-order valence-electron chi connectivity index (χ4n) is 4.11. The number of hydrogen-bond donors (Lipinski definition) is 2. The highest BCUT2D eigenvalue weighted by Crippen LogP contribution is 2.45. The van der Waals surface area contributed by atoms with E-state index in [1.54, 1.807) is 18.2 Å². The minimum absolute atomic E-state index is 0.301. The molecule has 1 amide bonds. The van der Waals surface area contributed by atoms with Crippen molar-refractivity contribution in [2.45, 2.75) is 25.9 Å². The van der Waals surface area contributed by atoms with Crippen molar-refractivity contribution < 1.29 is 23.9 Å². The first-order valence-electron chi connectivity index (χ1n) is 10.7. The van der Waals surface area contributed by atoms with Gasteiger partial charge in [-0.1, -0.05) is 24.3 Å². The molecule has 1 aliphatic carbocycles. The number of imidazole rings is 1. The van der Waals surface area contributed by atoms with E-state index in [1.165, 1.54) is 37.3 Å². The van der Waals surface area contributed by atoms with E-state index in [0.717, 1.165) is 27.9 Å². The number of carbonyl (C=O) groups is 3. The van der Waals surface area contributed by atoms with E-state index in [2.05, 4.69) is 21.4 Å². The van der Waals surface area contributed by atoms with Crippen molar-refractivity contribution in [3.63, 3.8) is 0 Å². The van der Waals surface area contributed by atoms with Gasteiger partial charge in [0.25, 0.3) is 5.91 Å². The second-order valence-corrected chi connectivity index (χ2v) is 8.95. The summed E-state index contributed by atoms with van der Waals surface area (Å²) in [5, 5.41) is 3.17. The van der Waals surface area contributed by atoms with Crippen LogP contribution in [-0.2, 0) is 27.1 Å². The molecule has 172 valence electrons. The van der Waals surface area contributed by atoms with E-state index in [-0.39, 0.29) is 0 Å². The maximum atomic E-state index is 12.9. The minimum atomic E-state index is -1.08. The summed E-state index contributed by atoms with van der Waals surface area (Å²) in [6.45, 7) is 1.49. The Labute approximate surface area is 198 Å². The summed E-state index contributed by atoms with van der Waals surface area (Å²) in [7, 11) is 1.32. The standard InChI is InChI=1S/C25H21N3O5S/c1-13(33-24(30)15-8-10-18-19(11-15)27-12-26-18)22(29)28-23-20(25(31)32-2)17-9-7-14-5-3-4-6-16(14)21(17)34-23/h3-6,8,10-13H,7,9H2,1-2H3,(H,26,27)(H,28,29). The van der Waals surface area contributed by atoms with Crippen LogP contribution < -0.4 is 5.32 Å². The first-order valence-corrected chi connectivity index (χ1v) is 11.5. The summed E-state index contributed by atoms with van der Waals surface area (Å²) < 4.78 is 10.4. The number of nitrogens with zero attached hydrogens (tertiary/aromatic N) is 1. The molecule has 9 heteroatoms. The lowest BCUT2D eigenvalue weighted by atomic mass is 9.89. The molecule has 2 aromatic carbocycles. The first kappa shape index (κ1) is 21.8. The van der Waals surface area contributed by atoms with E-state index in [0.29, 0.717) is 28.1 Å². The normalized spacial score (nSPS) is 13.0. The molecule has 1 aliphatic rings. The zero-order valence-electron chi connectivity index (χ0n) is 18.5. The molecule has 8 nitrogen and oxygen atoms in total. The van der Waals surface area contributed by atoms with E-state index < -0.39 is 23.9 Å². The number of aryl methyl sites for hydroxylation is 1. The maximum absolute atomic E-state index is 12.9. The van der Waals surface area contributed by atoms with Gasteiger partial charge in [-0.25, -0.2) is 14.6 Å². The highest BCUT2D eigenvalue weighted by molar-refractivity contribution is 7.20. The van der Waals surface area contributed by atoms with Crippen LogP contribution in [0, 0.1) is 0 Å². The molecule has 34 heavy (non-hydrogen) atoms. The van der Waals surface area contributed by atoms with Gasteiger partial charge in [-0.05, 0) is 54.7 Å². The molecule has 2 heterocycles. The number of aromatic nitrogens is 2. The number of ether oxygens (including phenoxy) is 2. The molecule has 0 radical (unpaired) electrons. The highest BCUT2D eigenvalue weighted by Gasteiger charge is 2.30. The number of anilines is 1. The summed E-state index contributed by atoms with van der Waals surface area (Å²) in [5.41, 5.74) is 5.18. The van der Waals surface area contributed by atoms with Crippen molar-refractivity contribution in [1.29, 1.82) is 0 Å². The summed E-state index contributed by atoms with van der Waals surface area (Å²) >= 11 is 1.33. The van der Waals surface area contributed by atoms with Crippen molar-refractivity contribution in [1.82, 2.24) is 9.97 Å². The number of esters is 2. The Morgan fingerprint density at radius 2 is 1.94 bits per heavy atom. The second-order valence-electron chi connectivity index (χ2n) is 7.93. The van der Waals surface area contributed by atoms with Crippen LogP contribution in [0.15, 0.2) is 48.8 Å². The van der Waals surface area contributed by atoms with Gasteiger partial charge in [-0.2, -0.15) is 0 Å². The van der Waals surface area contributed by atoms with Gasteiger partial charge >= 0.3 is 11.9 Å².